The number of amides is 1. The Balaban J connectivity index is 0. The van der Waals surface area contributed by atoms with Gasteiger partial charge in [0.15, 0.2) is 0 Å². The van der Waals surface area contributed by atoms with Gasteiger partial charge in [0.1, 0.15) is 0 Å². The highest BCUT2D eigenvalue weighted by Gasteiger charge is 2.10. The number of carbonyl (C=O) groups excluding carboxylic acids is 2. The molecule has 15 heavy (non-hydrogen) atoms. The molecule has 0 bridgehead atoms. The van der Waals surface area contributed by atoms with Crippen molar-refractivity contribution in [3.05, 3.63) is 0 Å². The molecule has 86 valence electrons. The summed E-state index contributed by atoms with van der Waals surface area (Å²) in [4.78, 5) is 21.1. The Kier molecular flexibility index (Phi) is 10.0. The lowest BCUT2D eigenvalue weighted by Crippen LogP contribution is -2.48. The van der Waals surface area contributed by atoms with Crippen LogP contribution in [0.1, 0.15) is 13.3 Å². The van der Waals surface area contributed by atoms with Crippen molar-refractivity contribution in [3.63, 3.8) is 0 Å². The maximum Gasteiger partial charge on any atom is 0.217 e. The number of quaternary nitrogens is 1. The van der Waals surface area contributed by atoms with Gasteiger partial charge in [-0.05, 0) is 0 Å². The highest BCUT2D eigenvalue weighted by Crippen LogP contribution is 2.04. The summed E-state index contributed by atoms with van der Waals surface area (Å²) in [5, 5.41) is 21.0. The standard InChI is InChI=1S/C8H12N2O3S.H3N/c1-6(11)10-7(8(12)13)5-14-4-2-3-9;/h7H,2,4-5H2,1H3,(H,10,11)(H,12,13);1H3. The molecule has 0 aromatic rings. The van der Waals surface area contributed by atoms with Crippen molar-refractivity contribution in [2.45, 2.75) is 19.4 Å². The van der Waals surface area contributed by atoms with Crippen molar-refractivity contribution in [3.8, 4) is 6.07 Å². The number of thioether (sulfide) groups is 1. The number of hydrogen-bond acceptors (Lipinski definition) is 5. The highest BCUT2D eigenvalue weighted by molar-refractivity contribution is 7.99. The van der Waals surface area contributed by atoms with Gasteiger partial charge in [0.05, 0.1) is 18.1 Å². The molecule has 0 fully saturated rings. The molecule has 0 spiro atoms. The Bertz CT molecular complexity index is 252. The SMILES string of the molecule is CC(=O)NC(CSCCC#N)C(=O)[O-].[NH4+]. The maximum absolute atomic E-state index is 10.6. The fourth-order valence-electron chi connectivity index (χ4n) is 0.733. The summed E-state index contributed by atoms with van der Waals surface area (Å²) in [5.74, 6) is -0.923. The van der Waals surface area contributed by atoms with Crippen LogP contribution < -0.4 is 16.6 Å². The van der Waals surface area contributed by atoms with Crippen LogP contribution in [0.15, 0.2) is 0 Å². The Morgan fingerprint density at radius 2 is 2.20 bits per heavy atom. The summed E-state index contributed by atoms with van der Waals surface area (Å²) in [5.41, 5.74) is 0. The lowest BCUT2D eigenvalue weighted by atomic mass is 10.3. The monoisotopic (exact) mass is 233 g/mol. The van der Waals surface area contributed by atoms with Crippen LogP contribution in [0.5, 0.6) is 0 Å². The van der Waals surface area contributed by atoms with E-state index in [0.717, 1.165) is 0 Å². The molecule has 0 aliphatic rings. The fraction of sp³-hybridized carbons (Fsp3) is 0.625. The normalized spacial score (nSPS) is 10.7. The van der Waals surface area contributed by atoms with Gasteiger partial charge in [-0.3, -0.25) is 4.79 Å². The Hall–Kier alpha value is -1.26. The van der Waals surface area contributed by atoms with Crippen LogP contribution in [0, 0.1) is 11.3 Å². The minimum absolute atomic E-state index is 0. The minimum Gasteiger partial charge on any atom is -0.548 e. The molecule has 0 saturated carbocycles. The molecular weight excluding hydrogens is 218 g/mol. The zero-order chi connectivity index (χ0) is 11.0. The first-order valence-electron chi connectivity index (χ1n) is 4.00. The van der Waals surface area contributed by atoms with E-state index in [2.05, 4.69) is 5.32 Å². The van der Waals surface area contributed by atoms with E-state index in [9.17, 15) is 14.7 Å². The number of rotatable bonds is 6. The number of carboxylic acids is 1. The van der Waals surface area contributed by atoms with Gasteiger partial charge in [-0.25, -0.2) is 0 Å². The van der Waals surface area contributed by atoms with E-state index in [1.807, 2.05) is 6.07 Å². The summed E-state index contributed by atoms with van der Waals surface area (Å²) in [6.07, 6.45) is 0.366. The van der Waals surface area contributed by atoms with Crippen LogP contribution in [0.2, 0.25) is 0 Å². The number of aliphatic carboxylic acids is 1. The van der Waals surface area contributed by atoms with Crippen LogP contribution in [-0.2, 0) is 9.59 Å². The average Bonchev–Trinajstić information content (AvgIpc) is 2.09. The zero-order valence-electron chi connectivity index (χ0n) is 8.78. The van der Waals surface area contributed by atoms with Gasteiger partial charge < -0.3 is 21.4 Å². The Labute approximate surface area is 92.6 Å². The van der Waals surface area contributed by atoms with Gasteiger partial charge in [0, 0.05) is 24.9 Å². The average molecular weight is 233 g/mol. The number of hydrogen-bond donors (Lipinski definition) is 2. The predicted octanol–water partition coefficient (Wildman–Crippen LogP) is -0.736. The summed E-state index contributed by atoms with van der Waals surface area (Å²) in [6, 6.07) is 0.964. The van der Waals surface area contributed by atoms with Crippen molar-refractivity contribution < 1.29 is 14.7 Å². The van der Waals surface area contributed by atoms with Crippen molar-refractivity contribution in [2.24, 2.45) is 0 Å². The summed E-state index contributed by atoms with van der Waals surface area (Å²) in [7, 11) is 0. The van der Waals surface area contributed by atoms with E-state index < -0.39 is 17.9 Å². The first-order chi connectivity index (χ1) is 6.57. The van der Waals surface area contributed by atoms with Gasteiger partial charge in [0.25, 0.3) is 0 Å². The third-order valence-electron chi connectivity index (χ3n) is 1.30. The van der Waals surface area contributed by atoms with E-state index in [-0.39, 0.29) is 11.9 Å². The lowest BCUT2D eigenvalue weighted by molar-refractivity contribution is -0.307. The summed E-state index contributed by atoms with van der Waals surface area (Å²) < 4.78 is 0. The molecule has 0 saturated heterocycles. The largest absolute Gasteiger partial charge is 0.548 e. The second kappa shape index (κ2) is 9.30. The topological polar surface area (TPSA) is 130 Å². The molecule has 6 nitrogen and oxygen atoms in total. The smallest absolute Gasteiger partial charge is 0.217 e. The van der Waals surface area contributed by atoms with Gasteiger partial charge in [0.2, 0.25) is 5.91 Å². The zero-order valence-corrected chi connectivity index (χ0v) is 9.60. The summed E-state index contributed by atoms with van der Waals surface area (Å²) >= 11 is 1.30. The molecule has 0 aliphatic heterocycles. The first kappa shape index (κ1) is 16.2. The van der Waals surface area contributed by atoms with E-state index in [1.54, 1.807) is 0 Å². The molecule has 0 aliphatic carbocycles. The quantitative estimate of drug-likeness (QED) is 0.584. The van der Waals surface area contributed by atoms with Crippen molar-refractivity contribution in [1.82, 2.24) is 11.5 Å². The molecule has 0 heterocycles. The van der Waals surface area contributed by atoms with Crippen LogP contribution in [0.4, 0.5) is 0 Å². The van der Waals surface area contributed by atoms with E-state index >= 15 is 0 Å². The van der Waals surface area contributed by atoms with Gasteiger partial charge in [-0.2, -0.15) is 17.0 Å². The molecule has 1 atom stereocenters. The number of nitrogens with zero attached hydrogens (tertiary/aromatic N) is 1. The van der Waals surface area contributed by atoms with Gasteiger partial charge in [-0.15, -0.1) is 0 Å². The Morgan fingerprint density at radius 1 is 1.60 bits per heavy atom. The van der Waals surface area contributed by atoms with Crippen LogP contribution in [0.25, 0.3) is 0 Å². The molecule has 0 rings (SSSR count). The molecular formula is C8H15N3O3S. The number of carboxylic acid groups (broad SMARTS) is 1. The van der Waals surface area contributed by atoms with E-state index in [0.29, 0.717) is 12.2 Å². The molecule has 1 amide bonds. The Morgan fingerprint density at radius 3 is 2.60 bits per heavy atom. The van der Waals surface area contributed by atoms with Gasteiger partial charge in [-0.1, -0.05) is 0 Å². The second-order valence-corrected chi connectivity index (χ2v) is 3.71. The van der Waals surface area contributed by atoms with Crippen molar-refractivity contribution in [1.29, 1.82) is 5.26 Å². The maximum atomic E-state index is 10.6. The number of nitriles is 1. The first-order valence-corrected chi connectivity index (χ1v) is 5.16. The van der Waals surface area contributed by atoms with Gasteiger partial charge >= 0.3 is 0 Å². The number of carbonyl (C=O) groups is 2. The molecule has 0 radical (unpaired) electrons. The minimum atomic E-state index is -1.30. The van der Waals surface area contributed by atoms with Crippen LogP contribution in [0.3, 0.4) is 0 Å². The molecule has 5 N–H and O–H groups in total. The lowest BCUT2D eigenvalue weighted by Gasteiger charge is -2.17. The van der Waals surface area contributed by atoms with E-state index in [4.69, 9.17) is 5.26 Å². The van der Waals surface area contributed by atoms with Crippen molar-refractivity contribution in [2.75, 3.05) is 11.5 Å². The third-order valence-corrected chi connectivity index (χ3v) is 2.37. The molecule has 7 heteroatoms. The predicted molar refractivity (Wildman–Crippen MR) is 56.2 cm³/mol. The highest BCUT2D eigenvalue weighted by atomic mass is 32.2. The van der Waals surface area contributed by atoms with E-state index in [1.165, 1.54) is 18.7 Å². The fourth-order valence-corrected chi connectivity index (χ4v) is 1.59. The molecule has 0 aromatic heterocycles. The molecule has 1 unspecified atom stereocenters. The van der Waals surface area contributed by atoms with Crippen molar-refractivity contribution >= 4 is 23.6 Å². The number of nitrogens with one attached hydrogen (secondary N) is 1. The summed E-state index contributed by atoms with van der Waals surface area (Å²) in [6.45, 7) is 1.25. The third kappa shape index (κ3) is 9.05. The van der Waals surface area contributed by atoms with Crippen LogP contribution in [-0.4, -0.2) is 29.4 Å². The molecule has 0 aromatic carbocycles. The second-order valence-electron chi connectivity index (χ2n) is 2.56. The van der Waals surface area contributed by atoms with Crippen LogP contribution >= 0.6 is 11.8 Å².